The lowest BCUT2D eigenvalue weighted by Crippen LogP contribution is -2.25. The Labute approximate surface area is 146 Å². The lowest BCUT2D eigenvalue weighted by atomic mass is 9.78. The molecule has 1 saturated carbocycles. The number of fused-ring (bicyclic) bond motifs is 2. The Morgan fingerprint density at radius 3 is 2.72 bits per heavy atom. The standard InChI is InChI=1S/C21H21NO3/c23-19(24)12-15-7-2-4-10-18(15)22-20(25)17-13-21(17)11-5-8-14-6-1-3-9-16(14)21/h1-4,6-7,9-10,17H,5,8,11-13H2,(H,22,25)(H,23,24)/t17-,21-/m0/s1. The van der Waals surface area contributed by atoms with E-state index >= 15 is 0 Å². The fourth-order valence-electron chi connectivity index (χ4n) is 4.36. The summed E-state index contributed by atoms with van der Waals surface area (Å²) in [5.74, 6) is -0.910. The molecule has 1 fully saturated rings. The van der Waals surface area contributed by atoms with Crippen LogP contribution in [0.2, 0.25) is 0 Å². The number of carboxylic acid groups (broad SMARTS) is 1. The largest absolute Gasteiger partial charge is 0.481 e. The summed E-state index contributed by atoms with van der Waals surface area (Å²) in [6.45, 7) is 0. The first-order chi connectivity index (χ1) is 12.1. The van der Waals surface area contributed by atoms with Gasteiger partial charge in [-0.25, -0.2) is 0 Å². The average molecular weight is 335 g/mol. The predicted molar refractivity (Wildman–Crippen MR) is 95.6 cm³/mol. The summed E-state index contributed by atoms with van der Waals surface area (Å²) >= 11 is 0. The number of carboxylic acids is 1. The molecule has 25 heavy (non-hydrogen) atoms. The molecule has 0 aliphatic heterocycles. The molecule has 2 aromatic rings. The number of hydrogen-bond donors (Lipinski definition) is 2. The first-order valence-corrected chi connectivity index (χ1v) is 8.79. The van der Waals surface area contributed by atoms with E-state index in [1.165, 1.54) is 11.1 Å². The normalized spacial score (nSPS) is 23.8. The summed E-state index contributed by atoms with van der Waals surface area (Å²) in [5, 5.41) is 12.0. The molecular formula is C21H21NO3. The molecular weight excluding hydrogens is 314 g/mol. The molecule has 2 N–H and O–H groups in total. The van der Waals surface area contributed by atoms with Crippen LogP contribution in [-0.4, -0.2) is 17.0 Å². The first kappa shape index (κ1) is 15.9. The number of carbonyl (C=O) groups excluding carboxylic acids is 1. The Balaban J connectivity index is 1.55. The molecule has 1 spiro atoms. The van der Waals surface area contributed by atoms with Gasteiger partial charge >= 0.3 is 5.97 Å². The van der Waals surface area contributed by atoms with Gasteiger partial charge < -0.3 is 10.4 Å². The zero-order chi connectivity index (χ0) is 17.4. The quantitative estimate of drug-likeness (QED) is 0.898. The van der Waals surface area contributed by atoms with Gasteiger partial charge in [0.05, 0.1) is 6.42 Å². The second kappa shape index (κ2) is 6.03. The molecule has 0 aromatic heterocycles. The Kier molecular flexibility index (Phi) is 3.83. The molecule has 2 aromatic carbocycles. The Bertz CT molecular complexity index is 845. The molecule has 4 rings (SSSR count). The summed E-state index contributed by atoms with van der Waals surface area (Å²) < 4.78 is 0. The average Bonchev–Trinajstić information content (AvgIpc) is 3.31. The van der Waals surface area contributed by atoms with Crippen LogP contribution in [0.5, 0.6) is 0 Å². The van der Waals surface area contributed by atoms with Gasteiger partial charge in [-0.2, -0.15) is 0 Å². The fourth-order valence-corrected chi connectivity index (χ4v) is 4.36. The Morgan fingerprint density at radius 1 is 1.12 bits per heavy atom. The van der Waals surface area contributed by atoms with Crippen LogP contribution >= 0.6 is 0 Å². The van der Waals surface area contributed by atoms with Crippen LogP contribution in [0.3, 0.4) is 0 Å². The molecule has 1 amide bonds. The molecule has 4 nitrogen and oxygen atoms in total. The van der Waals surface area contributed by atoms with Crippen LogP contribution in [0, 0.1) is 5.92 Å². The van der Waals surface area contributed by atoms with Crippen molar-refractivity contribution in [2.24, 2.45) is 5.92 Å². The zero-order valence-corrected chi connectivity index (χ0v) is 14.0. The Hall–Kier alpha value is -2.62. The van der Waals surface area contributed by atoms with Crippen molar-refractivity contribution < 1.29 is 14.7 Å². The summed E-state index contributed by atoms with van der Waals surface area (Å²) in [6.07, 6.45) is 4.06. The number of aliphatic carboxylic acids is 1. The highest BCUT2D eigenvalue weighted by atomic mass is 16.4. The van der Waals surface area contributed by atoms with Crippen LogP contribution < -0.4 is 5.32 Å². The number of amides is 1. The van der Waals surface area contributed by atoms with Gasteiger partial charge in [0, 0.05) is 17.0 Å². The molecule has 2 atom stereocenters. The van der Waals surface area contributed by atoms with Crippen LogP contribution in [0.4, 0.5) is 5.69 Å². The highest BCUT2D eigenvalue weighted by Gasteiger charge is 2.60. The highest BCUT2D eigenvalue weighted by Crippen LogP contribution is 2.60. The fraction of sp³-hybridized carbons (Fsp3) is 0.333. The van der Waals surface area contributed by atoms with Gasteiger partial charge in [-0.05, 0) is 48.4 Å². The van der Waals surface area contributed by atoms with Gasteiger partial charge in [-0.3, -0.25) is 9.59 Å². The van der Waals surface area contributed by atoms with Crippen molar-refractivity contribution in [1.29, 1.82) is 0 Å². The third-order valence-electron chi connectivity index (χ3n) is 5.63. The molecule has 2 aliphatic rings. The lowest BCUT2D eigenvalue weighted by molar-refractivity contribution is -0.136. The van der Waals surface area contributed by atoms with E-state index in [2.05, 4.69) is 29.6 Å². The SMILES string of the molecule is O=C(O)Cc1ccccc1NC(=O)[C@@H]1C[C@]12CCCc1ccccc12. The van der Waals surface area contributed by atoms with Crippen molar-refractivity contribution in [3.05, 3.63) is 65.2 Å². The van der Waals surface area contributed by atoms with Gasteiger partial charge in [0.15, 0.2) is 0 Å². The monoisotopic (exact) mass is 335 g/mol. The van der Waals surface area contributed by atoms with E-state index in [0.717, 1.165) is 25.7 Å². The summed E-state index contributed by atoms with van der Waals surface area (Å²) in [4.78, 5) is 23.9. The van der Waals surface area contributed by atoms with E-state index in [1.807, 2.05) is 6.07 Å². The summed E-state index contributed by atoms with van der Waals surface area (Å²) in [7, 11) is 0. The van der Waals surface area contributed by atoms with Crippen LogP contribution in [0.15, 0.2) is 48.5 Å². The maximum Gasteiger partial charge on any atom is 0.307 e. The number of anilines is 1. The second-order valence-corrected chi connectivity index (χ2v) is 7.14. The summed E-state index contributed by atoms with van der Waals surface area (Å²) in [5.41, 5.74) is 3.94. The zero-order valence-electron chi connectivity index (χ0n) is 14.0. The van der Waals surface area contributed by atoms with Crippen molar-refractivity contribution in [2.75, 3.05) is 5.32 Å². The van der Waals surface area contributed by atoms with Crippen LogP contribution in [0.25, 0.3) is 0 Å². The minimum Gasteiger partial charge on any atom is -0.481 e. The van der Waals surface area contributed by atoms with Gasteiger partial charge in [0.2, 0.25) is 5.91 Å². The number of nitrogens with one attached hydrogen (secondary N) is 1. The van der Waals surface area contributed by atoms with Crippen LogP contribution in [-0.2, 0) is 27.8 Å². The first-order valence-electron chi connectivity index (χ1n) is 8.79. The van der Waals surface area contributed by atoms with Crippen molar-refractivity contribution in [3.63, 3.8) is 0 Å². The van der Waals surface area contributed by atoms with Crippen LogP contribution in [0.1, 0.15) is 36.0 Å². The van der Waals surface area contributed by atoms with E-state index in [1.54, 1.807) is 18.2 Å². The van der Waals surface area contributed by atoms with E-state index in [-0.39, 0.29) is 23.7 Å². The Morgan fingerprint density at radius 2 is 1.88 bits per heavy atom. The van der Waals surface area contributed by atoms with E-state index in [9.17, 15) is 9.59 Å². The van der Waals surface area contributed by atoms with Crippen molar-refractivity contribution in [1.82, 2.24) is 0 Å². The van der Waals surface area contributed by atoms with Gasteiger partial charge in [0.25, 0.3) is 0 Å². The van der Waals surface area contributed by atoms with Crippen molar-refractivity contribution in [2.45, 2.75) is 37.5 Å². The van der Waals surface area contributed by atoms with E-state index in [4.69, 9.17) is 5.11 Å². The number of para-hydroxylation sites is 1. The maximum atomic E-state index is 12.8. The number of aryl methyl sites for hydroxylation is 1. The minimum atomic E-state index is -0.897. The topological polar surface area (TPSA) is 66.4 Å². The molecule has 0 saturated heterocycles. The highest BCUT2D eigenvalue weighted by molar-refractivity contribution is 5.97. The van der Waals surface area contributed by atoms with Gasteiger partial charge in [-0.15, -0.1) is 0 Å². The smallest absolute Gasteiger partial charge is 0.307 e. The van der Waals surface area contributed by atoms with Crippen molar-refractivity contribution >= 4 is 17.6 Å². The molecule has 0 radical (unpaired) electrons. The predicted octanol–water partition coefficient (Wildman–Crippen LogP) is 3.55. The molecule has 128 valence electrons. The lowest BCUT2D eigenvalue weighted by Gasteiger charge is -2.26. The molecule has 2 aliphatic carbocycles. The number of benzene rings is 2. The third-order valence-corrected chi connectivity index (χ3v) is 5.63. The molecule has 0 unspecified atom stereocenters. The van der Waals surface area contributed by atoms with E-state index < -0.39 is 5.97 Å². The maximum absolute atomic E-state index is 12.8. The number of rotatable bonds is 4. The number of hydrogen-bond acceptors (Lipinski definition) is 2. The molecule has 4 heteroatoms. The third kappa shape index (κ3) is 2.82. The summed E-state index contributed by atoms with van der Waals surface area (Å²) in [6, 6.07) is 15.6. The molecule has 0 bridgehead atoms. The second-order valence-electron chi connectivity index (χ2n) is 7.14. The van der Waals surface area contributed by atoms with Gasteiger partial charge in [-0.1, -0.05) is 42.5 Å². The number of carbonyl (C=O) groups is 2. The van der Waals surface area contributed by atoms with Crippen molar-refractivity contribution in [3.8, 4) is 0 Å². The van der Waals surface area contributed by atoms with Gasteiger partial charge in [0.1, 0.15) is 0 Å². The molecule has 0 heterocycles. The van der Waals surface area contributed by atoms with E-state index in [0.29, 0.717) is 11.3 Å². The minimum absolute atomic E-state index is 0.00884.